The smallest absolute Gasteiger partial charge is 0.277 e. The standard InChI is InChI=1S/C20H21N3O5S/c1-12(18(24)21-14-6-5-7-15(10-14)25-2)29-20-23-22-19(28-20)13-8-16(26-3)11-17(9-13)27-4/h5-12H,1-4H3,(H,21,24)/t12-/m1/s1. The molecule has 9 heteroatoms. The van der Waals surface area contributed by atoms with Crippen molar-refractivity contribution in [3.63, 3.8) is 0 Å². The second-order valence-corrected chi connectivity index (χ2v) is 7.25. The lowest BCUT2D eigenvalue weighted by Crippen LogP contribution is -2.22. The van der Waals surface area contributed by atoms with Gasteiger partial charge in [0.1, 0.15) is 17.2 Å². The summed E-state index contributed by atoms with van der Waals surface area (Å²) in [5, 5.41) is 10.8. The lowest BCUT2D eigenvalue weighted by molar-refractivity contribution is -0.115. The maximum atomic E-state index is 12.5. The van der Waals surface area contributed by atoms with Gasteiger partial charge >= 0.3 is 0 Å². The van der Waals surface area contributed by atoms with Crippen LogP contribution in [0.4, 0.5) is 5.69 Å². The first-order valence-electron chi connectivity index (χ1n) is 8.71. The van der Waals surface area contributed by atoms with E-state index in [9.17, 15) is 4.79 Å². The Balaban J connectivity index is 1.68. The fourth-order valence-corrected chi connectivity index (χ4v) is 3.14. The quantitative estimate of drug-likeness (QED) is 0.554. The predicted molar refractivity (Wildman–Crippen MR) is 110 cm³/mol. The molecule has 0 spiro atoms. The number of methoxy groups -OCH3 is 3. The first-order valence-corrected chi connectivity index (χ1v) is 9.59. The highest BCUT2D eigenvalue weighted by molar-refractivity contribution is 8.00. The molecule has 0 fully saturated rings. The molecule has 2 aromatic carbocycles. The fraction of sp³-hybridized carbons (Fsp3) is 0.250. The summed E-state index contributed by atoms with van der Waals surface area (Å²) in [5.74, 6) is 2.00. The molecule has 3 aromatic rings. The minimum absolute atomic E-state index is 0.189. The molecule has 3 rings (SSSR count). The summed E-state index contributed by atoms with van der Waals surface area (Å²) in [6.45, 7) is 1.76. The number of rotatable bonds is 8. The van der Waals surface area contributed by atoms with E-state index in [1.54, 1.807) is 70.7 Å². The van der Waals surface area contributed by atoms with Crippen molar-refractivity contribution in [3.8, 4) is 28.7 Å². The third-order valence-corrected chi connectivity index (χ3v) is 4.92. The van der Waals surface area contributed by atoms with E-state index >= 15 is 0 Å². The first kappa shape index (κ1) is 20.5. The van der Waals surface area contributed by atoms with Gasteiger partial charge in [0.15, 0.2) is 0 Å². The third kappa shape index (κ3) is 5.20. The highest BCUT2D eigenvalue weighted by Gasteiger charge is 2.19. The zero-order valence-corrected chi connectivity index (χ0v) is 17.3. The number of thioether (sulfide) groups is 1. The van der Waals surface area contributed by atoms with Crippen LogP contribution in [0.3, 0.4) is 0 Å². The molecule has 0 aliphatic carbocycles. The summed E-state index contributed by atoms with van der Waals surface area (Å²) in [4.78, 5) is 12.5. The van der Waals surface area contributed by atoms with Crippen LogP contribution in [-0.2, 0) is 4.79 Å². The van der Waals surface area contributed by atoms with Crippen LogP contribution >= 0.6 is 11.8 Å². The summed E-state index contributed by atoms with van der Waals surface area (Å²) in [6, 6.07) is 12.4. The van der Waals surface area contributed by atoms with E-state index in [2.05, 4.69) is 15.5 Å². The van der Waals surface area contributed by atoms with Gasteiger partial charge in [-0.2, -0.15) is 0 Å². The van der Waals surface area contributed by atoms with Crippen molar-refractivity contribution >= 4 is 23.4 Å². The average Bonchev–Trinajstić information content (AvgIpc) is 3.21. The van der Waals surface area contributed by atoms with E-state index in [1.807, 2.05) is 0 Å². The number of anilines is 1. The molecule has 1 aromatic heterocycles. The van der Waals surface area contributed by atoms with E-state index in [0.717, 1.165) is 0 Å². The first-order chi connectivity index (χ1) is 14.0. The molecule has 0 aliphatic rings. The van der Waals surface area contributed by atoms with Gasteiger partial charge in [-0.3, -0.25) is 4.79 Å². The normalized spacial score (nSPS) is 11.6. The predicted octanol–water partition coefficient (Wildman–Crippen LogP) is 3.88. The molecule has 1 atom stereocenters. The Labute approximate surface area is 172 Å². The molecule has 0 saturated carbocycles. The van der Waals surface area contributed by atoms with Crippen LogP contribution in [0, 0.1) is 0 Å². The van der Waals surface area contributed by atoms with Gasteiger partial charge < -0.3 is 23.9 Å². The lowest BCUT2D eigenvalue weighted by atomic mass is 10.2. The lowest BCUT2D eigenvalue weighted by Gasteiger charge is -2.10. The Morgan fingerprint density at radius 2 is 1.69 bits per heavy atom. The summed E-state index contributed by atoms with van der Waals surface area (Å²) >= 11 is 1.17. The third-order valence-electron chi connectivity index (χ3n) is 3.99. The number of hydrogen-bond acceptors (Lipinski definition) is 8. The average molecular weight is 415 g/mol. The van der Waals surface area contributed by atoms with Gasteiger partial charge in [-0.05, 0) is 31.2 Å². The maximum absolute atomic E-state index is 12.5. The Bertz CT molecular complexity index is 970. The van der Waals surface area contributed by atoms with Crippen LogP contribution in [0.2, 0.25) is 0 Å². The summed E-state index contributed by atoms with van der Waals surface area (Å²) in [7, 11) is 4.71. The molecule has 1 N–H and O–H groups in total. The topological polar surface area (TPSA) is 95.7 Å². The zero-order valence-electron chi connectivity index (χ0n) is 16.5. The minimum Gasteiger partial charge on any atom is -0.497 e. The maximum Gasteiger partial charge on any atom is 0.277 e. The summed E-state index contributed by atoms with van der Waals surface area (Å²) < 4.78 is 21.4. The van der Waals surface area contributed by atoms with Gasteiger partial charge in [0, 0.05) is 23.4 Å². The molecule has 152 valence electrons. The number of carbonyl (C=O) groups excluding carboxylic acids is 1. The molecule has 0 radical (unpaired) electrons. The van der Waals surface area contributed by atoms with Crippen molar-refractivity contribution in [2.75, 3.05) is 26.6 Å². The van der Waals surface area contributed by atoms with Crippen molar-refractivity contribution in [2.45, 2.75) is 17.4 Å². The zero-order chi connectivity index (χ0) is 20.8. The Hall–Kier alpha value is -3.20. The molecule has 0 aliphatic heterocycles. The van der Waals surface area contributed by atoms with E-state index in [-0.39, 0.29) is 11.1 Å². The molecule has 1 heterocycles. The number of nitrogens with one attached hydrogen (secondary N) is 1. The number of nitrogens with zero attached hydrogens (tertiary/aromatic N) is 2. The van der Waals surface area contributed by atoms with Gasteiger partial charge in [-0.15, -0.1) is 10.2 Å². The Morgan fingerprint density at radius 3 is 2.34 bits per heavy atom. The number of benzene rings is 2. The number of carbonyl (C=O) groups is 1. The van der Waals surface area contributed by atoms with Crippen LogP contribution < -0.4 is 19.5 Å². The van der Waals surface area contributed by atoms with Gasteiger partial charge in [-0.1, -0.05) is 17.8 Å². The molecule has 1 amide bonds. The van der Waals surface area contributed by atoms with E-state index < -0.39 is 5.25 Å². The number of ether oxygens (including phenoxy) is 3. The Morgan fingerprint density at radius 1 is 1.00 bits per heavy atom. The molecular weight excluding hydrogens is 394 g/mol. The molecular formula is C20H21N3O5S. The van der Waals surface area contributed by atoms with Gasteiger partial charge in [-0.25, -0.2) is 0 Å². The van der Waals surface area contributed by atoms with Gasteiger partial charge in [0.05, 0.1) is 26.6 Å². The Kier molecular flexibility index (Phi) is 6.61. The monoisotopic (exact) mass is 415 g/mol. The highest BCUT2D eigenvalue weighted by Crippen LogP contribution is 2.31. The van der Waals surface area contributed by atoms with Gasteiger partial charge in [0.25, 0.3) is 5.22 Å². The molecule has 0 bridgehead atoms. The molecule has 0 saturated heterocycles. The van der Waals surface area contributed by atoms with Gasteiger partial charge in [0.2, 0.25) is 11.8 Å². The number of aromatic nitrogens is 2. The van der Waals surface area contributed by atoms with Crippen LogP contribution in [0.5, 0.6) is 17.2 Å². The van der Waals surface area contributed by atoms with Crippen molar-refractivity contribution in [2.24, 2.45) is 0 Å². The molecule has 29 heavy (non-hydrogen) atoms. The second kappa shape index (κ2) is 9.33. The number of amides is 1. The largest absolute Gasteiger partial charge is 0.497 e. The molecule has 0 unspecified atom stereocenters. The van der Waals surface area contributed by atoms with Crippen LogP contribution in [-0.4, -0.2) is 42.7 Å². The molecule has 8 nitrogen and oxygen atoms in total. The van der Waals surface area contributed by atoms with Crippen LogP contribution in [0.25, 0.3) is 11.5 Å². The van der Waals surface area contributed by atoms with Crippen molar-refractivity contribution in [3.05, 3.63) is 42.5 Å². The van der Waals surface area contributed by atoms with Crippen LogP contribution in [0.1, 0.15) is 6.92 Å². The van der Waals surface area contributed by atoms with E-state index in [4.69, 9.17) is 18.6 Å². The van der Waals surface area contributed by atoms with Crippen molar-refractivity contribution in [1.29, 1.82) is 0 Å². The summed E-state index contributed by atoms with van der Waals surface area (Å²) in [5.41, 5.74) is 1.31. The van der Waals surface area contributed by atoms with E-state index in [0.29, 0.717) is 34.4 Å². The fourth-order valence-electron chi connectivity index (χ4n) is 2.45. The second-order valence-electron chi connectivity index (χ2n) is 5.96. The van der Waals surface area contributed by atoms with Crippen molar-refractivity contribution < 1.29 is 23.4 Å². The minimum atomic E-state index is -0.450. The SMILES string of the molecule is COc1cccc(NC(=O)[C@@H](C)Sc2nnc(-c3cc(OC)cc(OC)c3)o2)c1. The number of hydrogen-bond donors (Lipinski definition) is 1. The highest BCUT2D eigenvalue weighted by atomic mass is 32.2. The van der Waals surface area contributed by atoms with Crippen LogP contribution in [0.15, 0.2) is 52.1 Å². The van der Waals surface area contributed by atoms with E-state index in [1.165, 1.54) is 11.8 Å². The van der Waals surface area contributed by atoms with Crippen molar-refractivity contribution in [1.82, 2.24) is 10.2 Å². The summed E-state index contributed by atoms with van der Waals surface area (Å²) in [6.07, 6.45) is 0.